The molecule has 1 spiro atoms. The summed E-state index contributed by atoms with van der Waals surface area (Å²) in [5.74, 6) is 1.29. The summed E-state index contributed by atoms with van der Waals surface area (Å²) in [6.45, 7) is 1.99. The van der Waals surface area contributed by atoms with Crippen molar-refractivity contribution in [2.75, 3.05) is 13.4 Å². The number of methoxy groups -OCH3 is 1. The number of benzene rings is 2. The highest BCUT2D eigenvalue weighted by Gasteiger charge is 2.55. The van der Waals surface area contributed by atoms with Crippen molar-refractivity contribution in [1.82, 2.24) is 5.32 Å². The lowest BCUT2D eigenvalue weighted by molar-refractivity contribution is -0.127. The maximum Gasteiger partial charge on any atom is 0.258 e. The summed E-state index contributed by atoms with van der Waals surface area (Å²) in [4.78, 5) is 17.9. The molecule has 2 aliphatic rings. The summed E-state index contributed by atoms with van der Waals surface area (Å²) in [6, 6.07) is 13.5. The molecule has 2 aromatic carbocycles. The molecule has 2 aromatic rings. The average Bonchev–Trinajstić information content (AvgIpc) is 2.98. The molecule has 0 aromatic heterocycles. The zero-order chi connectivity index (χ0) is 19.2. The number of nitrogens with one attached hydrogen (secondary N) is 1. The molecule has 140 valence electrons. The predicted octanol–water partition coefficient (Wildman–Crippen LogP) is 4.20. The molecule has 5 nitrogen and oxygen atoms in total. The maximum absolute atomic E-state index is 13.1. The van der Waals surface area contributed by atoms with Gasteiger partial charge in [0.2, 0.25) is 0 Å². The Morgan fingerprint density at radius 1 is 1.30 bits per heavy atom. The second kappa shape index (κ2) is 6.56. The van der Waals surface area contributed by atoms with Gasteiger partial charge in [-0.15, -0.1) is 0 Å². The van der Waals surface area contributed by atoms with E-state index in [1.165, 1.54) is 11.8 Å². The highest BCUT2D eigenvalue weighted by atomic mass is 79.9. The Labute approximate surface area is 170 Å². The Hall–Kier alpha value is -1.99. The normalized spacial score (nSPS) is 26.2. The number of amidine groups is 1. The Morgan fingerprint density at radius 3 is 2.81 bits per heavy atom. The van der Waals surface area contributed by atoms with E-state index in [0.29, 0.717) is 17.3 Å². The van der Waals surface area contributed by atoms with E-state index < -0.39 is 11.1 Å². The standard InChI is InChI=1S/C20H19BrN2O3S/c1-19(12-5-4-6-14(9-12)25-2)11-20(17(24)22-18(23-20)27-3)15-10-13(21)7-8-16(15)26-19/h4-10H,11H2,1-3H3,(H,22,23,24)/t19-,20?/m1/s1. The van der Waals surface area contributed by atoms with Gasteiger partial charge in [0.05, 0.1) is 7.11 Å². The van der Waals surface area contributed by atoms with E-state index in [2.05, 4.69) is 21.2 Å². The lowest BCUT2D eigenvalue weighted by Gasteiger charge is -2.43. The fourth-order valence-corrected chi connectivity index (χ4v) is 4.54. The van der Waals surface area contributed by atoms with E-state index in [1.54, 1.807) is 7.11 Å². The van der Waals surface area contributed by atoms with Crippen molar-refractivity contribution < 1.29 is 14.3 Å². The molecule has 2 heterocycles. The van der Waals surface area contributed by atoms with Gasteiger partial charge in [-0.3, -0.25) is 4.79 Å². The van der Waals surface area contributed by atoms with Crippen LogP contribution in [0.2, 0.25) is 0 Å². The number of hydrogen-bond acceptors (Lipinski definition) is 5. The van der Waals surface area contributed by atoms with Crippen LogP contribution in [-0.4, -0.2) is 24.4 Å². The molecule has 0 saturated carbocycles. The smallest absolute Gasteiger partial charge is 0.258 e. The Bertz CT molecular complexity index is 964. The van der Waals surface area contributed by atoms with E-state index in [4.69, 9.17) is 14.5 Å². The van der Waals surface area contributed by atoms with Gasteiger partial charge in [0.1, 0.15) is 17.1 Å². The van der Waals surface area contributed by atoms with Crippen molar-refractivity contribution in [1.29, 1.82) is 0 Å². The van der Waals surface area contributed by atoms with Crippen LogP contribution in [0.25, 0.3) is 0 Å². The monoisotopic (exact) mass is 446 g/mol. The third-order valence-corrected chi connectivity index (χ3v) is 6.15. The molecule has 27 heavy (non-hydrogen) atoms. The van der Waals surface area contributed by atoms with Crippen LogP contribution in [0, 0.1) is 0 Å². The van der Waals surface area contributed by atoms with Gasteiger partial charge in [-0.25, -0.2) is 4.99 Å². The third kappa shape index (κ3) is 2.93. The van der Waals surface area contributed by atoms with Crippen LogP contribution in [0.4, 0.5) is 0 Å². The number of ether oxygens (including phenoxy) is 2. The molecule has 0 aliphatic carbocycles. The fraction of sp³-hybridized carbons (Fsp3) is 0.300. The first kappa shape index (κ1) is 18.4. The SMILES string of the molecule is COc1cccc([C@@]2(C)CC3(N=C(SC)NC3=O)c3cc(Br)ccc3O2)c1. The zero-order valence-electron chi connectivity index (χ0n) is 15.2. The van der Waals surface area contributed by atoms with Crippen LogP contribution < -0.4 is 14.8 Å². The molecule has 2 aliphatic heterocycles. The summed E-state index contributed by atoms with van der Waals surface area (Å²) >= 11 is 4.94. The Morgan fingerprint density at radius 2 is 2.11 bits per heavy atom. The highest BCUT2D eigenvalue weighted by molar-refractivity contribution is 9.10. The molecular formula is C20H19BrN2O3S. The molecule has 4 rings (SSSR count). The van der Waals surface area contributed by atoms with Crippen LogP contribution in [0.15, 0.2) is 51.9 Å². The van der Waals surface area contributed by atoms with Gasteiger partial charge in [0.25, 0.3) is 5.91 Å². The number of rotatable bonds is 2. The minimum atomic E-state index is -1.02. The fourth-order valence-electron chi connectivity index (χ4n) is 3.74. The molecule has 1 unspecified atom stereocenters. The van der Waals surface area contributed by atoms with Gasteiger partial charge in [0.15, 0.2) is 10.7 Å². The molecular weight excluding hydrogens is 428 g/mol. The van der Waals surface area contributed by atoms with Crippen molar-refractivity contribution in [2.45, 2.75) is 24.5 Å². The summed E-state index contributed by atoms with van der Waals surface area (Å²) in [6.07, 6.45) is 2.30. The van der Waals surface area contributed by atoms with E-state index in [0.717, 1.165) is 21.3 Å². The van der Waals surface area contributed by atoms with Gasteiger partial charge in [0, 0.05) is 16.5 Å². The number of fused-ring (bicyclic) bond motifs is 2. The summed E-state index contributed by atoms with van der Waals surface area (Å²) in [5, 5.41) is 3.54. The number of amides is 1. The first-order valence-electron chi connectivity index (χ1n) is 8.49. The number of aliphatic imine (C=N–C) groups is 1. The zero-order valence-corrected chi connectivity index (χ0v) is 17.6. The molecule has 7 heteroatoms. The third-order valence-electron chi connectivity index (χ3n) is 5.08. The average molecular weight is 447 g/mol. The first-order chi connectivity index (χ1) is 12.9. The molecule has 0 radical (unpaired) electrons. The number of thioether (sulfide) groups is 1. The summed E-state index contributed by atoms with van der Waals surface area (Å²) in [7, 11) is 1.64. The predicted molar refractivity (Wildman–Crippen MR) is 111 cm³/mol. The van der Waals surface area contributed by atoms with Crippen LogP contribution in [0.1, 0.15) is 24.5 Å². The molecule has 1 N–H and O–H groups in total. The largest absolute Gasteiger partial charge is 0.497 e. The lowest BCUT2D eigenvalue weighted by atomic mass is 9.74. The van der Waals surface area contributed by atoms with Gasteiger partial charge in [-0.1, -0.05) is 39.8 Å². The van der Waals surface area contributed by atoms with Crippen molar-refractivity contribution in [3.63, 3.8) is 0 Å². The second-order valence-electron chi connectivity index (χ2n) is 6.82. The lowest BCUT2D eigenvalue weighted by Crippen LogP contribution is -2.48. The molecule has 2 atom stereocenters. The van der Waals surface area contributed by atoms with Crippen LogP contribution in [-0.2, 0) is 15.9 Å². The van der Waals surface area contributed by atoms with Crippen LogP contribution >= 0.6 is 27.7 Å². The number of hydrogen-bond donors (Lipinski definition) is 1. The minimum Gasteiger partial charge on any atom is -0.497 e. The Balaban J connectivity index is 1.91. The maximum atomic E-state index is 13.1. The van der Waals surface area contributed by atoms with E-state index in [-0.39, 0.29) is 5.91 Å². The number of carbonyl (C=O) groups excluding carboxylic acids is 1. The van der Waals surface area contributed by atoms with Crippen molar-refractivity contribution >= 4 is 38.8 Å². The van der Waals surface area contributed by atoms with Gasteiger partial charge < -0.3 is 14.8 Å². The molecule has 0 bridgehead atoms. The first-order valence-corrected chi connectivity index (χ1v) is 10.5. The van der Waals surface area contributed by atoms with Crippen molar-refractivity contribution in [2.24, 2.45) is 4.99 Å². The van der Waals surface area contributed by atoms with Crippen molar-refractivity contribution in [3.8, 4) is 11.5 Å². The molecule has 0 fully saturated rings. The quantitative estimate of drug-likeness (QED) is 0.750. The number of nitrogens with zero attached hydrogens (tertiary/aromatic N) is 1. The summed E-state index contributed by atoms with van der Waals surface area (Å²) in [5.41, 5.74) is -0.0355. The molecule has 1 amide bonds. The highest BCUT2D eigenvalue weighted by Crippen LogP contribution is 2.52. The topological polar surface area (TPSA) is 59.9 Å². The molecule has 0 saturated heterocycles. The number of halogens is 1. The van der Waals surface area contributed by atoms with E-state index in [9.17, 15) is 4.79 Å². The van der Waals surface area contributed by atoms with Gasteiger partial charge in [-0.2, -0.15) is 0 Å². The van der Waals surface area contributed by atoms with Gasteiger partial charge >= 0.3 is 0 Å². The van der Waals surface area contributed by atoms with Gasteiger partial charge in [-0.05, 0) is 49.1 Å². The number of carbonyl (C=O) groups is 1. The van der Waals surface area contributed by atoms with Crippen molar-refractivity contribution in [3.05, 3.63) is 58.1 Å². The van der Waals surface area contributed by atoms with E-state index in [1.807, 2.05) is 55.6 Å². The van der Waals surface area contributed by atoms with Crippen LogP contribution in [0.3, 0.4) is 0 Å². The van der Waals surface area contributed by atoms with E-state index >= 15 is 0 Å². The summed E-state index contributed by atoms with van der Waals surface area (Å²) < 4.78 is 12.7. The minimum absolute atomic E-state index is 0.122. The second-order valence-corrected chi connectivity index (χ2v) is 8.53. The van der Waals surface area contributed by atoms with Crippen LogP contribution in [0.5, 0.6) is 11.5 Å². The Kier molecular flexibility index (Phi) is 4.47.